The van der Waals surface area contributed by atoms with Gasteiger partial charge in [0.2, 0.25) is 0 Å². The van der Waals surface area contributed by atoms with Crippen molar-refractivity contribution in [2.75, 3.05) is 6.61 Å². The second-order valence-corrected chi connectivity index (χ2v) is 6.33. The summed E-state index contributed by atoms with van der Waals surface area (Å²) in [6.45, 7) is 9.83. The van der Waals surface area contributed by atoms with Crippen LogP contribution in [0.1, 0.15) is 53.9 Å². The molecule has 1 atom stereocenters. The third kappa shape index (κ3) is 5.41. The minimum absolute atomic E-state index is 0. The molecule has 1 heterocycles. The summed E-state index contributed by atoms with van der Waals surface area (Å²) in [6, 6.07) is 0.0122. The molecule has 1 saturated heterocycles. The predicted octanol–water partition coefficient (Wildman–Crippen LogP) is 0.122. The van der Waals surface area contributed by atoms with Gasteiger partial charge in [-0.2, -0.15) is 0 Å². The van der Waals surface area contributed by atoms with Crippen molar-refractivity contribution in [2.45, 2.75) is 71.2 Å². The second kappa shape index (κ2) is 7.41. The molecule has 0 N–H and O–H groups in total. The van der Waals surface area contributed by atoms with Crippen LogP contribution in [0.2, 0.25) is 0 Å². The van der Waals surface area contributed by atoms with E-state index in [1.807, 2.05) is 34.6 Å². The maximum atomic E-state index is 12.3. The maximum Gasteiger partial charge on any atom is 1.00 e. The molecule has 0 bridgehead atoms. The molecule has 0 aromatic rings. The SMILES string of the molecule is [C-]#CCCC[C@H]1COC(C)(C)N1C(=O)OC(C)(C)C.[Li+]. The molecular weight excluding hydrogens is 249 g/mol. The summed E-state index contributed by atoms with van der Waals surface area (Å²) in [5, 5.41) is 0. The number of hydrogen-bond donors (Lipinski definition) is 0. The Balaban J connectivity index is 0.00000361. The normalized spacial score (nSPS) is 21.0. The second-order valence-electron chi connectivity index (χ2n) is 6.33. The Labute approximate surface area is 134 Å². The molecule has 20 heavy (non-hydrogen) atoms. The molecule has 0 aliphatic carbocycles. The molecule has 1 fully saturated rings. The van der Waals surface area contributed by atoms with E-state index in [2.05, 4.69) is 5.92 Å². The molecule has 0 unspecified atom stereocenters. The number of nitrogens with zero attached hydrogens (tertiary/aromatic N) is 1. The number of amides is 1. The van der Waals surface area contributed by atoms with Gasteiger partial charge in [0, 0.05) is 0 Å². The van der Waals surface area contributed by atoms with Crippen LogP contribution in [0, 0.1) is 12.3 Å². The first-order valence-electron chi connectivity index (χ1n) is 6.73. The minimum Gasteiger partial charge on any atom is -0.694 e. The monoisotopic (exact) mass is 273 g/mol. The average molecular weight is 273 g/mol. The topological polar surface area (TPSA) is 38.8 Å². The molecule has 1 rings (SSSR count). The van der Waals surface area contributed by atoms with E-state index in [1.165, 1.54) is 0 Å². The summed E-state index contributed by atoms with van der Waals surface area (Å²) in [6.07, 6.45) is 8.82. The van der Waals surface area contributed by atoms with Gasteiger partial charge in [-0.3, -0.25) is 4.90 Å². The van der Waals surface area contributed by atoms with Crippen LogP contribution in [-0.4, -0.2) is 35.0 Å². The Morgan fingerprint density at radius 1 is 1.50 bits per heavy atom. The fourth-order valence-electron chi connectivity index (χ4n) is 2.20. The minimum atomic E-state index is -0.638. The fourth-order valence-corrected chi connectivity index (χ4v) is 2.20. The molecule has 108 valence electrons. The Morgan fingerprint density at radius 3 is 2.60 bits per heavy atom. The Morgan fingerprint density at radius 2 is 2.10 bits per heavy atom. The van der Waals surface area contributed by atoms with Crippen molar-refractivity contribution in [3.05, 3.63) is 6.42 Å². The van der Waals surface area contributed by atoms with Crippen LogP contribution in [0.4, 0.5) is 4.79 Å². The first kappa shape index (κ1) is 19.4. The van der Waals surface area contributed by atoms with Crippen molar-refractivity contribution in [2.24, 2.45) is 0 Å². The van der Waals surface area contributed by atoms with E-state index in [-0.39, 0.29) is 31.0 Å². The molecular formula is C15H24LiNO3. The van der Waals surface area contributed by atoms with Crippen molar-refractivity contribution < 1.29 is 33.1 Å². The molecule has 0 aromatic carbocycles. The van der Waals surface area contributed by atoms with Gasteiger partial charge >= 0.3 is 25.0 Å². The van der Waals surface area contributed by atoms with Crippen molar-refractivity contribution in [3.63, 3.8) is 0 Å². The largest absolute Gasteiger partial charge is 1.00 e. The molecule has 0 aromatic heterocycles. The average Bonchev–Trinajstić information content (AvgIpc) is 2.52. The van der Waals surface area contributed by atoms with Crippen molar-refractivity contribution in [1.82, 2.24) is 4.90 Å². The molecule has 0 saturated carbocycles. The summed E-state index contributed by atoms with van der Waals surface area (Å²) in [7, 11) is 0. The van der Waals surface area contributed by atoms with Gasteiger partial charge in [-0.05, 0) is 53.9 Å². The number of hydrogen-bond acceptors (Lipinski definition) is 3. The first-order chi connectivity index (χ1) is 8.67. The third-order valence-corrected chi connectivity index (χ3v) is 3.00. The molecule has 1 amide bonds. The van der Waals surface area contributed by atoms with Gasteiger partial charge in [0.1, 0.15) is 11.3 Å². The van der Waals surface area contributed by atoms with E-state index in [4.69, 9.17) is 15.9 Å². The summed E-state index contributed by atoms with van der Waals surface area (Å²) in [5.41, 5.74) is -1.15. The fraction of sp³-hybridized carbons (Fsp3) is 0.800. The zero-order valence-corrected chi connectivity index (χ0v) is 13.6. The van der Waals surface area contributed by atoms with Crippen LogP contribution < -0.4 is 18.9 Å². The summed E-state index contributed by atoms with van der Waals surface area (Å²) in [5.74, 6) is 2.37. The van der Waals surface area contributed by atoms with Crippen molar-refractivity contribution in [3.8, 4) is 5.92 Å². The summed E-state index contributed by atoms with van der Waals surface area (Å²) in [4.78, 5) is 14.0. The predicted molar refractivity (Wildman–Crippen MR) is 72.9 cm³/mol. The van der Waals surface area contributed by atoms with Crippen molar-refractivity contribution in [1.29, 1.82) is 0 Å². The van der Waals surface area contributed by atoms with Crippen LogP contribution in [0.25, 0.3) is 0 Å². The van der Waals surface area contributed by atoms with Crippen LogP contribution >= 0.6 is 0 Å². The number of ether oxygens (including phenoxy) is 2. The standard InChI is InChI=1S/C15H24NO3.Li/c1-7-8-9-10-12-11-18-15(5,6)16(12)13(17)19-14(2,3)4;/h12H,8-11H2,2-6H3;/q-1;+1/t12-;/m0./s1. The van der Waals surface area contributed by atoms with E-state index < -0.39 is 11.3 Å². The molecule has 1 aliphatic heterocycles. The van der Waals surface area contributed by atoms with Crippen LogP contribution in [0.5, 0.6) is 0 Å². The van der Waals surface area contributed by atoms with Gasteiger partial charge in [-0.1, -0.05) is 0 Å². The van der Waals surface area contributed by atoms with Gasteiger partial charge in [-0.25, -0.2) is 4.79 Å². The van der Waals surface area contributed by atoms with Crippen molar-refractivity contribution >= 4 is 6.09 Å². The van der Waals surface area contributed by atoms with E-state index >= 15 is 0 Å². The Hall–Kier alpha value is -0.613. The van der Waals surface area contributed by atoms with Gasteiger partial charge < -0.3 is 21.8 Å². The summed E-state index contributed by atoms with van der Waals surface area (Å²) < 4.78 is 11.1. The number of unbranched alkanes of at least 4 members (excludes halogenated alkanes) is 1. The van der Waals surface area contributed by atoms with E-state index in [1.54, 1.807) is 4.90 Å². The van der Waals surface area contributed by atoms with E-state index in [0.717, 1.165) is 12.8 Å². The summed E-state index contributed by atoms with van der Waals surface area (Å²) >= 11 is 0. The van der Waals surface area contributed by atoms with Crippen LogP contribution in [0.15, 0.2) is 0 Å². The first-order valence-corrected chi connectivity index (χ1v) is 6.73. The van der Waals surface area contributed by atoms with Crippen LogP contribution in [-0.2, 0) is 9.47 Å². The van der Waals surface area contributed by atoms with Gasteiger partial charge in [0.25, 0.3) is 0 Å². The third-order valence-electron chi connectivity index (χ3n) is 3.00. The number of rotatable bonds is 3. The maximum absolute atomic E-state index is 12.3. The Kier molecular flexibility index (Phi) is 7.18. The smallest absolute Gasteiger partial charge is 0.694 e. The quantitative estimate of drug-likeness (QED) is 0.317. The Bertz CT molecular complexity index is 368. The van der Waals surface area contributed by atoms with E-state index in [9.17, 15) is 4.79 Å². The molecule has 5 heteroatoms. The van der Waals surface area contributed by atoms with Gasteiger partial charge in [0.05, 0.1) is 12.6 Å². The zero-order chi connectivity index (χ0) is 14.7. The van der Waals surface area contributed by atoms with Gasteiger partial charge in [-0.15, -0.1) is 0 Å². The van der Waals surface area contributed by atoms with Crippen LogP contribution in [0.3, 0.4) is 0 Å². The van der Waals surface area contributed by atoms with Gasteiger partial charge in [0.15, 0.2) is 0 Å². The zero-order valence-electron chi connectivity index (χ0n) is 13.6. The molecule has 4 nitrogen and oxygen atoms in total. The number of carbonyl (C=O) groups excluding carboxylic acids is 1. The molecule has 1 aliphatic rings. The number of carbonyl (C=O) groups is 1. The molecule has 0 radical (unpaired) electrons. The van der Waals surface area contributed by atoms with E-state index in [0.29, 0.717) is 13.0 Å². The molecule has 0 spiro atoms.